The second-order valence-electron chi connectivity index (χ2n) is 3.93. The van der Waals surface area contributed by atoms with Gasteiger partial charge in [-0.3, -0.25) is 9.08 Å². The van der Waals surface area contributed by atoms with Crippen molar-refractivity contribution >= 4 is 11.4 Å². The predicted octanol–water partition coefficient (Wildman–Crippen LogP) is 1.07. The van der Waals surface area contributed by atoms with Gasteiger partial charge < -0.3 is 4.55 Å². The molecule has 0 bridgehead atoms. The molecule has 2 atom stereocenters. The normalized spacial score (nSPS) is 23.4. The average molecular weight is 240 g/mol. The molecule has 1 aliphatic heterocycles. The molecule has 1 aromatic rings. The van der Waals surface area contributed by atoms with E-state index >= 15 is 0 Å². The van der Waals surface area contributed by atoms with Crippen LogP contribution in [0.5, 0.6) is 0 Å². The highest BCUT2D eigenvalue weighted by molar-refractivity contribution is 7.74. The Morgan fingerprint density at radius 1 is 1.44 bits per heavy atom. The lowest BCUT2D eigenvalue weighted by Gasteiger charge is -2.16. The van der Waals surface area contributed by atoms with Crippen molar-refractivity contribution in [1.82, 2.24) is 4.90 Å². The van der Waals surface area contributed by atoms with Crippen LogP contribution in [0.25, 0.3) is 0 Å². The summed E-state index contributed by atoms with van der Waals surface area (Å²) >= 11 is -2.39. The molecule has 4 nitrogen and oxygen atoms in total. The highest BCUT2D eigenvalue weighted by Crippen LogP contribution is 2.16. The van der Waals surface area contributed by atoms with E-state index in [1.165, 1.54) is 5.56 Å². The number of benzene rings is 1. The Balaban J connectivity index is 1.83. The molecule has 1 saturated heterocycles. The molecular weight excluding hydrogens is 226 g/mol. The fraction of sp³-hybridized carbons (Fsp3) is 0.455. The van der Waals surface area contributed by atoms with Crippen molar-refractivity contribution in [3.8, 4) is 0 Å². The van der Waals surface area contributed by atoms with Crippen LogP contribution < -0.4 is 0 Å². The van der Waals surface area contributed by atoms with Crippen LogP contribution in [0.3, 0.4) is 0 Å². The molecule has 0 radical (unpaired) electrons. The van der Waals surface area contributed by atoms with E-state index < -0.39 is 11.4 Å². The van der Waals surface area contributed by atoms with Gasteiger partial charge in [-0.05, 0) is 12.0 Å². The van der Waals surface area contributed by atoms with Crippen LogP contribution in [-0.4, -0.2) is 32.9 Å². The Labute approximate surface area is 97.7 Å². The van der Waals surface area contributed by atoms with Gasteiger partial charge in [-0.2, -0.15) is 0 Å². The zero-order chi connectivity index (χ0) is 11.4. The molecular formula is C11H14NO3S-. The zero-order valence-electron chi connectivity index (χ0n) is 8.87. The van der Waals surface area contributed by atoms with Gasteiger partial charge in [-0.15, -0.1) is 0 Å². The molecule has 2 unspecified atom stereocenters. The van der Waals surface area contributed by atoms with Gasteiger partial charge >= 0.3 is 0 Å². The van der Waals surface area contributed by atoms with Crippen molar-refractivity contribution in [2.45, 2.75) is 19.1 Å². The molecule has 5 heteroatoms. The molecule has 1 aliphatic rings. The summed E-state index contributed by atoms with van der Waals surface area (Å²) in [6, 6.07) is 10.1. The first-order valence-corrected chi connectivity index (χ1v) is 6.27. The Bertz CT molecular complexity index is 358. The number of nitrogens with zero attached hydrogens (tertiary/aromatic N) is 1. The van der Waals surface area contributed by atoms with E-state index in [4.69, 9.17) is 4.18 Å². The third kappa shape index (κ3) is 3.38. The highest BCUT2D eigenvalue weighted by Gasteiger charge is 2.23. The summed E-state index contributed by atoms with van der Waals surface area (Å²) in [6.07, 6.45) is 0.600. The first-order chi connectivity index (χ1) is 7.74. The molecule has 0 spiro atoms. The van der Waals surface area contributed by atoms with Crippen LogP contribution in [-0.2, 0) is 22.1 Å². The molecule has 0 aromatic heterocycles. The van der Waals surface area contributed by atoms with E-state index in [0.29, 0.717) is 6.54 Å². The van der Waals surface area contributed by atoms with Crippen molar-refractivity contribution in [2.24, 2.45) is 0 Å². The van der Waals surface area contributed by atoms with Gasteiger partial charge in [0, 0.05) is 19.6 Å². The monoisotopic (exact) mass is 240 g/mol. The van der Waals surface area contributed by atoms with Crippen molar-refractivity contribution in [2.75, 3.05) is 13.1 Å². The van der Waals surface area contributed by atoms with Crippen LogP contribution >= 0.6 is 0 Å². The second-order valence-corrected chi connectivity index (χ2v) is 4.53. The third-order valence-electron chi connectivity index (χ3n) is 2.69. The molecule has 1 fully saturated rings. The van der Waals surface area contributed by atoms with Gasteiger partial charge in [0.1, 0.15) is 0 Å². The number of hydrogen-bond acceptors (Lipinski definition) is 4. The Hall–Kier alpha value is -0.750. The van der Waals surface area contributed by atoms with Gasteiger partial charge in [-0.25, -0.2) is 4.21 Å². The van der Waals surface area contributed by atoms with E-state index in [9.17, 15) is 8.76 Å². The average Bonchev–Trinajstić information content (AvgIpc) is 2.66. The van der Waals surface area contributed by atoms with Gasteiger partial charge in [0.15, 0.2) is 0 Å². The summed E-state index contributed by atoms with van der Waals surface area (Å²) in [6.45, 7) is 2.42. The standard InChI is InChI=1S/C11H15NO3S/c13-16(14)15-11-6-7-12(9-11)8-10-4-2-1-3-5-10/h1-5,11H,6-9H2,(H,13,14)/p-1. The van der Waals surface area contributed by atoms with Crippen LogP contribution in [0.1, 0.15) is 12.0 Å². The first kappa shape index (κ1) is 11.7. The number of hydrogen-bond donors (Lipinski definition) is 0. The summed E-state index contributed by atoms with van der Waals surface area (Å²) in [5.74, 6) is 0. The van der Waals surface area contributed by atoms with E-state index in [0.717, 1.165) is 19.5 Å². The Morgan fingerprint density at radius 2 is 2.19 bits per heavy atom. The molecule has 1 aromatic carbocycles. The fourth-order valence-corrected chi connectivity index (χ4v) is 2.35. The van der Waals surface area contributed by atoms with E-state index in [1.807, 2.05) is 18.2 Å². The van der Waals surface area contributed by atoms with E-state index in [2.05, 4.69) is 17.0 Å². The summed E-state index contributed by atoms with van der Waals surface area (Å²) < 4.78 is 25.5. The third-order valence-corrected chi connectivity index (χ3v) is 3.12. The smallest absolute Gasteiger partial charge is 0.0876 e. The molecule has 2 rings (SSSR count). The quantitative estimate of drug-likeness (QED) is 0.739. The largest absolute Gasteiger partial charge is 0.750 e. The first-order valence-electron chi connectivity index (χ1n) is 5.27. The lowest BCUT2D eigenvalue weighted by Crippen LogP contribution is -2.23. The van der Waals surface area contributed by atoms with Gasteiger partial charge in [0.25, 0.3) is 0 Å². The van der Waals surface area contributed by atoms with Crippen molar-refractivity contribution in [3.63, 3.8) is 0 Å². The van der Waals surface area contributed by atoms with E-state index in [1.54, 1.807) is 0 Å². The predicted molar refractivity (Wildman–Crippen MR) is 60.1 cm³/mol. The molecule has 0 saturated carbocycles. The van der Waals surface area contributed by atoms with Crippen molar-refractivity contribution in [3.05, 3.63) is 35.9 Å². The van der Waals surface area contributed by atoms with Gasteiger partial charge in [0.2, 0.25) is 0 Å². The maximum Gasteiger partial charge on any atom is 0.0876 e. The molecule has 1 heterocycles. The van der Waals surface area contributed by atoms with Crippen LogP contribution in [0.2, 0.25) is 0 Å². The molecule has 0 amide bonds. The molecule has 0 aliphatic carbocycles. The Morgan fingerprint density at radius 3 is 2.88 bits per heavy atom. The summed E-state index contributed by atoms with van der Waals surface area (Å²) in [5.41, 5.74) is 1.24. The van der Waals surface area contributed by atoms with Crippen molar-refractivity contribution in [1.29, 1.82) is 0 Å². The minimum Gasteiger partial charge on any atom is -0.750 e. The lowest BCUT2D eigenvalue weighted by molar-refractivity contribution is 0.197. The second kappa shape index (κ2) is 5.54. The number of likely N-dealkylation sites (tertiary alicyclic amines) is 1. The maximum absolute atomic E-state index is 10.4. The zero-order valence-corrected chi connectivity index (χ0v) is 9.69. The van der Waals surface area contributed by atoms with E-state index in [-0.39, 0.29) is 6.10 Å². The highest BCUT2D eigenvalue weighted by atomic mass is 32.2. The fourth-order valence-electron chi connectivity index (χ4n) is 1.97. The number of rotatable bonds is 4. The lowest BCUT2D eigenvalue weighted by atomic mass is 10.2. The topological polar surface area (TPSA) is 52.6 Å². The van der Waals surface area contributed by atoms with Gasteiger partial charge in [0.05, 0.1) is 17.5 Å². The van der Waals surface area contributed by atoms with Crippen LogP contribution in [0.15, 0.2) is 30.3 Å². The summed E-state index contributed by atoms with van der Waals surface area (Å²) in [5, 5.41) is 0. The van der Waals surface area contributed by atoms with Crippen molar-refractivity contribution < 1.29 is 12.9 Å². The minimum atomic E-state index is -2.39. The minimum absolute atomic E-state index is 0.179. The maximum atomic E-state index is 10.4. The van der Waals surface area contributed by atoms with Crippen LogP contribution in [0, 0.1) is 0 Å². The summed E-state index contributed by atoms with van der Waals surface area (Å²) in [7, 11) is 0. The molecule has 0 N–H and O–H groups in total. The Kier molecular flexibility index (Phi) is 4.06. The van der Waals surface area contributed by atoms with Gasteiger partial charge in [-0.1, -0.05) is 30.3 Å². The SMILES string of the molecule is O=S([O-])OC1CCN(Cc2ccccc2)C1. The summed E-state index contributed by atoms with van der Waals surface area (Å²) in [4.78, 5) is 2.20. The van der Waals surface area contributed by atoms with Crippen LogP contribution in [0.4, 0.5) is 0 Å². The molecule has 16 heavy (non-hydrogen) atoms. The molecule has 88 valence electrons.